The van der Waals surface area contributed by atoms with Crippen molar-refractivity contribution in [2.75, 3.05) is 38.6 Å². The summed E-state index contributed by atoms with van der Waals surface area (Å²) in [5, 5.41) is 0. The number of ether oxygens (including phenoxy) is 1. The van der Waals surface area contributed by atoms with Gasteiger partial charge in [0.15, 0.2) is 0 Å². The predicted octanol–water partition coefficient (Wildman–Crippen LogP) is 1.28. The third-order valence-electron chi connectivity index (χ3n) is 2.95. The average Bonchev–Trinajstić information content (AvgIpc) is 2.44. The van der Waals surface area contributed by atoms with Gasteiger partial charge in [0.1, 0.15) is 0 Å². The Balaban J connectivity index is 0.00000400. The van der Waals surface area contributed by atoms with Gasteiger partial charge >= 0.3 is 0 Å². The van der Waals surface area contributed by atoms with Crippen LogP contribution in [0.1, 0.15) is 12.5 Å². The Morgan fingerprint density at radius 2 is 1.86 bits per heavy atom. The van der Waals surface area contributed by atoms with Gasteiger partial charge in [0.2, 0.25) is 10.0 Å². The van der Waals surface area contributed by atoms with E-state index in [1.54, 1.807) is 0 Å². The highest BCUT2D eigenvalue weighted by molar-refractivity contribution is 7.89. The lowest BCUT2D eigenvalue weighted by molar-refractivity contribution is 0.162. The number of sulfonamides is 1. The molecule has 0 radical (unpaired) electrons. The molecular weight excluding hydrogens is 312 g/mol. The molecule has 0 aromatic heterocycles. The summed E-state index contributed by atoms with van der Waals surface area (Å²) in [6.45, 7) is 3.72. The number of nitrogens with two attached hydrogens (primary N) is 1. The number of nitrogens with zero attached hydrogens (tertiary/aromatic N) is 1. The van der Waals surface area contributed by atoms with E-state index < -0.39 is 10.0 Å². The molecule has 0 aliphatic heterocycles. The highest BCUT2D eigenvalue weighted by atomic mass is 35.5. The van der Waals surface area contributed by atoms with Gasteiger partial charge in [-0.05, 0) is 18.9 Å². The first-order valence-corrected chi connectivity index (χ1v) is 8.50. The van der Waals surface area contributed by atoms with Gasteiger partial charge in [0.05, 0.1) is 12.4 Å². The molecule has 0 unspecified atom stereocenters. The summed E-state index contributed by atoms with van der Waals surface area (Å²) < 4.78 is 31.0. The number of benzene rings is 1. The number of hydrogen-bond donors (Lipinski definition) is 1. The molecule has 0 saturated carbocycles. The first-order chi connectivity index (χ1) is 9.60. The monoisotopic (exact) mass is 336 g/mol. The molecule has 0 aliphatic carbocycles. The van der Waals surface area contributed by atoms with Gasteiger partial charge in [-0.2, -0.15) is 0 Å². The Morgan fingerprint density at radius 1 is 1.19 bits per heavy atom. The molecule has 0 saturated heterocycles. The fourth-order valence-corrected chi connectivity index (χ4v) is 3.21. The highest BCUT2D eigenvalue weighted by Gasteiger charge is 2.20. The quantitative estimate of drug-likeness (QED) is 0.653. The van der Waals surface area contributed by atoms with Crippen LogP contribution in [0.2, 0.25) is 0 Å². The minimum atomic E-state index is -3.30. The summed E-state index contributed by atoms with van der Waals surface area (Å²) in [6.07, 6.45) is 0.689. The molecular formula is C14H25ClN2O3S. The van der Waals surface area contributed by atoms with Gasteiger partial charge in [-0.3, -0.25) is 0 Å². The van der Waals surface area contributed by atoms with Crippen molar-refractivity contribution >= 4 is 22.4 Å². The molecule has 0 fully saturated rings. The summed E-state index contributed by atoms with van der Waals surface area (Å²) >= 11 is 0. The second-order valence-corrected chi connectivity index (χ2v) is 6.52. The summed E-state index contributed by atoms with van der Waals surface area (Å²) in [7, 11) is -3.30. The van der Waals surface area contributed by atoms with Crippen LogP contribution in [0, 0.1) is 0 Å². The van der Waals surface area contributed by atoms with Crippen molar-refractivity contribution < 1.29 is 13.2 Å². The highest BCUT2D eigenvalue weighted by Crippen LogP contribution is 2.06. The van der Waals surface area contributed by atoms with Crippen LogP contribution in [-0.2, 0) is 21.2 Å². The van der Waals surface area contributed by atoms with Crippen molar-refractivity contribution in [3.05, 3.63) is 35.9 Å². The van der Waals surface area contributed by atoms with E-state index in [1.165, 1.54) is 4.31 Å². The van der Waals surface area contributed by atoms with E-state index in [-0.39, 0.29) is 24.8 Å². The molecule has 5 nitrogen and oxygen atoms in total. The molecule has 1 aromatic rings. The molecule has 0 bridgehead atoms. The molecule has 0 spiro atoms. The van der Waals surface area contributed by atoms with Crippen LogP contribution < -0.4 is 5.73 Å². The fraction of sp³-hybridized carbons (Fsp3) is 0.571. The van der Waals surface area contributed by atoms with Crippen LogP contribution in [0.3, 0.4) is 0 Å². The molecule has 0 aliphatic rings. The topological polar surface area (TPSA) is 72.6 Å². The maximum atomic E-state index is 12.2. The summed E-state index contributed by atoms with van der Waals surface area (Å²) in [5.41, 5.74) is 6.63. The zero-order valence-electron chi connectivity index (χ0n) is 12.4. The first kappa shape index (κ1) is 20.3. The maximum Gasteiger partial charge on any atom is 0.216 e. The Labute approximate surface area is 133 Å². The van der Waals surface area contributed by atoms with E-state index in [9.17, 15) is 8.42 Å². The van der Waals surface area contributed by atoms with Crippen molar-refractivity contribution in [1.29, 1.82) is 0 Å². The van der Waals surface area contributed by atoms with E-state index in [4.69, 9.17) is 10.5 Å². The van der Waals surface area contributed by atoms with Crippen molar-refractivity contribution in [2.45, 2.75) is 13.3 Å². The largest absolute Gasteiger partial charge is 0.381 e. The number of halogens is 1. The van der Waals surface area contributed by atoms with Crippen molar-refractivity contribution in [3.8, 4) is 0 Å². The zero-order chi connectivity index (χ0) is 14.8. The van der Waals surface area contributed by atoms with Gasteiger partial charge in [0.25, 0.3) is 0 Å². The third-order valence-corrected chi connectivity index (χ3v) is 4.79. The molecule has 1 aromatic carbocycles. The van der Waals surface area contributed by atoms with Crippen LogP contribution in [0.25, 0.3) is 0 Å². The molecule has 21 heavy (non-hydrogen) atoms. The Kier molecular flexibility index (Phi) is 10.6. The average molecular weight is 337 g/mol. The van der Waals surface area contributed by atoms with E-state index >= 15 is 0 Å². The van der Waals surface area contributed by atoms with Crippen molar-refractivity contribution in [1.82, 2.24) is 4.31 Å². The summed E-state index contributed by atoms with van der Waals surface area (Å²) in [6, 6.07) is 9.83. The molecule has 0 heterocycles. The molecule has 7 heteroatoms. The molecule has 0 atom stereocenters. The number of hydrogen-bond acceptors (Lipinski definition) is 4. The van der Waals surface area contributed by atoms with Gasteiger partial charge in [-0.25, -0.2) is 12.7 Å². The smallest absolute Gasteiger partial charge is 0.216 e. The SMILES string of the molecule is CCOCCS(=O)(=O)N(CCN)CCc1ccccc1.Cl. The van der Waals surface area contributed by atoms with Crippen molar-refractivity contribution in [3.63, 3.8) is 0 Å². The number of rotatable bonds is 10. The van der Waals surface area contributed by atoms with E-state index in [1.807, 2.05) is 37.3 Å². The van der Waals surface area contributed by atoms with E-state index in [2.05, 4.69) is 0 Å². The normalized spacial score (nSPS) is 11.4. The molecule has 0 amide bonds. The van der Waals surface area contributed by atoms with Crippen LogP contribution in [-0.4, -0.2) is 51.3 Å². The second kappa shape index (κ2) is 11.0. The fourth-order valence-electron chi connectivity index (χ4n) is 1.87. The van der Waals surface area contributed by atoms with Crippen LogP contribution in [0.15, 0.2) is 30.3 Å². The third kappa shape index (κ3) is 7.78. The lowest BCUT2D eigenvalue weighted by Gasteiger charge is -2.21. The van der Waals surface area contributed by atoms with Crippen LogP contribution in [0.5, 0.6) is 0 Å². The Morgan fingerprint density at radius 3 is 2.43 bits per heavy atom. The molecule has 122 valence electrons. The van der Waals surface area contributed by atoms with Crippen LogP contribution in [0.4, 0.5) is 0 Å². The predicted molar refractivity (Wildman–Crippen MR) is 88.3 cm³/mol. The zero-order valence-corrected chi connectivity index (χ0v) is 14.0. The lowest BCUT2D eigenvalue weighted by atomic mass is 10.1. The van der Waals surface area contributed by atoms with Gasteiger partial charge in [-0.15, -0.1) is 12.4 Å². The maximum absolute atomic E-state index is 12.2. The van der Waals surface area contributed by atoms with Crippen LogP contribution >= 0.6 is 12.4 Å². The lowest BCUT2D eigenvalue weighted by Crippen LogP contribution is -2.39. The van der Waals surface area contributed by atoms with Gasteiger partial charge < -0.3 is 10.5 Å². The van der Waals surface area contributed by atoms with Crippen molar-refractivity contribution in [2.24, 2.45) is 5.73 Å². The summed E-state index contributed by atoms with van der Waals surface area (Å²) in [5.74, 6) is 0.00955. The molecule has 1 rings (SSSR count). The van der Waals surface area contributed by atoms with Gasteiger partial charge in [0, 0.05) is 26.2 Å². The van der Waals surface area contributed by atoms with E-state index in [0.29, 0.717) is 32.7 Å². The van der Waals surface area contributed by atoms with E-state index in [0.717, 1.165) is 5.56 Å². The first-order valence-electron chi connectivity index (χ1n) is 6.89. The minimum Gasteiger partial charge on any atom is -0.381 e. The Bertz CT molecular complexity index is 468. The van der Waals surface area contributed by atoms with Gasteiger partial charge in [-0.1, -0.05) is 30.3 Å². The Hall–Kier alpha value is -0.660. The second-order valence-electron chi connectivity index (χ2n) is 4.44. The standard InChI is InChI=1S/C14H24N2O3S.ClH/c1-2-19-12-13-20(17,18)16(11-9-15)10-8-14-6-4-3-5-7-14;/h3-7H,2,8-13,15H2,1H3;1H. The molecule has 2 N–H and O–H groups in total. The summed E-state index contributed by atoms with van der Waals surface area (Å²) in [4.78, 5) is 0. The minimum absolute atomic E-state index is 0.